The summed E-state index contributed by atoms with van der Waals surface area (Å²) < 4.78 is 0. The Morgan fingerprint density at radius 1 is 1.50 bits per heavy atom. The van der Waals surface area contributed by atoms with E-state index in [0.717, 1.165) is 17.0 Å². The number of hydroxylamine groups is 1. The first kappa shape index (κ1) is 9.21. The summed E-state index contributed by atoms with van der Waals surface area (Å²) in [7, 11) is 0. The van der Waals surface area contributed by atoms with E-state index in [1.165, 1.54) is 0 Å². The normalized spacial score (nSPS) is 16.4. The van der Waals surface area contributed by atoms with Crippen LogP contribution in [0.4, 0.5) is 0 Å². The predicted octanol–water partition coefficient (Wildman–Crippen LogP) is 0.637. The topological polar surface area (TPSA) is 67.0 Å². The van der Waals surface area contributed by atoms with Gasteiger partial charge in [0.1, 0.15) is 0 Å². The highest BCUT2D eigenvalue weighted by molar-refractivity contribution is 5.72. The molecule has 0 saturated heterocycles. The van der Waals surface area contributed by atoms with Crippen LogP contribution in [0.25, 0.3) is 0 Å². The lowest BCUT2D eigenvalue weighted by atomic mass is 10.0. The number of H-pyrrole nitrogens is 1. The molecule has 1 aliphatic rings. The van der Waals surface area contributed by atoms with Crippen LogP contribution in [0.3, 0.4) is 0 Å². The summed E-state index contributed by atoms with van der Waals surface area (Å²) >= 11 is 0. The van der Waals surface area contributed by atoms with Crippen molar-refractivity contribution < 1.29 is 9.63 Å². The zero-order valence-electron chi connectivity index (χ0n) is 8.26. The number of fused-ring (bicyclic) bond motifs is 1. The van der Waals surface area contributed by atoms with E-state index in [4.69, 9.17) is 4.84 Å². The van der Waals surface area contributed by atoms with Crippen LogP contribution in [0.2, 0.25) is 0 Å². The number of aromatic amines is 1. The van der Waals surface area contributed by atoms with Gasteiger partial charge < -0.3 is 4.84 Å². The Balaban J connectivity index is 2.37. The Kier molecular flexibility index (Phi) is 2.25. The Labute approximate surface area is 81.8 Å². The highest BCUT2D eigenvalue weighted by atomic mass is 16.7. The maximum absolute atomic E-state index is 11.1. The molecule has 1 aliphatic heterocycles. The number of hydrogen-bond donors (Lipinski definition) is 2. The fraction of sp³-hybridized carbons (Fsp3) is 0.556. The Morgan fingerprint density at radius 3 is 3.00 bits per heavy atom. The van der Waals surface area contributed by atoms with Gasteiger partial charge in [0.15, 0.2) is 0 Å². The molecule has 0 aromatic carbocycles. The van der Waals surface area contributed by atoms with Gasteiger partial charge in [0.25, 0.3) is 0 Å². The molecule has 0 bridgehead atoms. The van der Waals surface area contributed by atoms with Crippen LogP contribution >= 0.6 is 0 Å². The third-order valence-corrected chi connectivity index (χ3v) is 2.29. The fourth-order valence-electron chi connectivity index (χ4n) is 1.61. The molecule has 0 saturated carbocycles. The highest BCUT2D eigenvalue weighted by Crippen LogP contribution is 2.21. The maximum atomic E-state index is 11.1. The molecule has 76 valence electrons. The van der Waals surface area contributed by atoms with Gasteiger partial charge >= 0.3 is 5.97 Å². The second kappa shape index (κ2) is 3.42. The van der Waals surface area contributed by atoms with Crippen LogP contribution in [-0.2, 0) is 22.6 Å². The summed E-state index contributed by atoms with van der Waals surface area (Å²) in [5.41, 5.74) is 5.56. The van der Waals surface area contributed by atoms with Crippen LogP contribution in [-0.4, -0.2) is 16.2 Å². The smallest absolute Gasteiger partial charge is 0.330 e. The van der Waals surface area contributed by atoms with Gasteiger partial charge in [0, 0.05) is 5.56 Å². The summed E-state index contributed by atoms with van der Waals surface area (Å²) in [6, 6.07) is 0. The molecule has 1 aromatic rings. The molecule has 2 N–H and O–H groups in total. The van der Waals surface area contributed by atoms with Gasteiger partial charge in [-0.05, 0) is 5.92 Å². The van der Waals surface area contributed by atoms with E-state index >= 15 is 0 Å². The quantitative estimate of drug-likeness (QED) is 0.690. The number of hydrogen-bond acceptors (Lipinski definition) is 4. The van der Waals surface area contributed by atoms with Crippen molar-refractivity contribution in [1.82, 2.24) is 15.7 Å². The first-order valence-electron chi connectivity index (χ1n) is 4.67. The van der Waals surface area contributed by atoms with Crippen molar-refractivity contribution in [2.24, 2.45) is 0 Å². The second-order valence-electron chi connectivity index (χ2n) is 3.69. The van der Waals surface area contributed by atoms with Crippen LogP contribution < -0.4 is 5.48 Å². The van der Waals surface area contributed by atoms with E-state index in [-0.39, 0.29) is 12.4 Å². The Hall–Kier alpha value is -1.36. The van der Waals surface area contributed by atoms with Gasteiger partial charge in [0.05, 0.1) is 24.4 Å². The van der Waals surface area contributed by atoms with Crippen molar-refractivity contribution in [3.8, 4) is 0 Å². The molecule has 1 aromatic heterocycles. The number of nitrogens with zero attached hydrogens (tertiary/aromatic N) is 1. The fourth-order valence-corrected chi connectivity index (χ4v) is 1.61. The summed E-state index contributed by atoms with van der Waals surface area (Å²) in [4.78, 5) is 15.8. The monoisotopic (exact) mass is 195 g/mol. The SMILES string of the molecule is CC(C)c1n[nH]c2c1CNOC(=O)C2. The van der Waals surface area contributed by atoms with Crippen LogP contribution in [0.1, 0.15) is 36.7 Å². The number of carbonyl (C=O) groups is 1. The van der Waals surface area contributed by atoms with E-state index in [2.05, 4.69) is 29.5 Å². The lowest BCUT2D eigenvalue weighted by Crippen LogP contribution is -2.17. The molecule has 0 fully saturated rings. The van der Waals surface area contributed by atoms with Gasteiger partial charge in [-0.3, -0.25) is 5.10 Å². The summed E-state index contributed by atoms with van der Waals surface area (Å²) in [6.45, 7) is 4.68. The molecule has 0 unspecified atom stereocenters. The third kappa shape index (κ3) is 1.50. The molecule has 0 aliphatic carbocycles. The molecule has 0 amide bonds. The molecule has 0 atom stereocenters. The molecule has 0 spiro atoms. The molecule has 5 nitrogen and oxygen atoms in total. The van der Waals surface area contributed by atoms with Gasteiger partial charge in [-0.15, -0.1) is 5.48 Å². The molecule has 14 heavy (non-hydrogen) atoms. The van der Waals surface area contributed by atoms with Crippen molar-refractivity contribution in [3.05, 3.63) is 17.0 Å². The lowest BCUT2D eigenvalue weighted by molar-refractivity contribution is -0.150. The summed E-state index contributed by atoms with van der Waals surface area (Å²) in [6.07, 6.45) is 0.266. The minimum absolute atomic E-state index is 0.266. The van der Waals surface area contributed by atoms with Crippen molar-refractivity contribution in [2.75, 3.05) is 0 Å². The Bertz CT molecular complexity index is 357. The number of rotatable bonds is 1. The number of carbonyl (C=O) groups excluding carboxylic acids is 1. The first-order valence-corrected chi connectivity index (χ1v) is 4.67. The minimum atomic E-state index is -0.275. The van der Waals surface area contributed by atoms with Crippen molar-refractivity contribution in [2.45, 2.75) is 32.7 Å². The van der Waals surface area contributed by atoms with Crippen molar-refractivity contribution in [3.63, 3.8) is 0 Å². The molecule has 2 heterocycles. The number of aromatic nitrogens is 2. The minimum Gasteiger partial charge on any atom is -0.370 e. The zero-order chi connectivity index (χ0) is 10.1. The lowest BCUT2D eigenvalue weighted by Gasteiger charge is -2.04. The van der Waals surface area contributed by atoms with E-state index in [1.807, 2.05) is 0 Å². The molecule has 2 rings (SSSR count). The Morgan fingerprint density at radius 2 is 2.29 bits per heavy atom. The summed E-state index contributed by atoms with van der Waals surface area (Å²) in [5.74, 6) is 0.0766. The van der Waals surface area contributed by atoms with Gasteiger partial charge in [-0.1, -0.05) is 13.8 Å². The maximum Gasteiger partial charge on any atom is 0.330 e. The zero-order valence-corrected chi connectivity index (χ0v) is 8.26. The first-order chi connectivity index (χ1) is 6.68. The van der Waals surface area contributed by atoms with Crippen molar-refractivity contribution >= 4 is 5.97 Å². The van der Waals surface area contributed by atoms with Gasteiger partial charge in [0.2, 0.25) is 0 Å². The molecule has 5 heteroatoms. The van der Waals surface area contributed by atoms with E-state index in [1.54, 1.807) is 0 Å². The predicted molar refractivity (Wildman–Crippen MR) is 49.3 cm³/mol. The van der Waals surface area contributed by atoms with Gasteiger partial charge in [-0.2, -0.15) is 5.10 Å². The van der Waals surface area contributed by atoms with Crippen LogP contribution in [0, 0.1) is 0 Å². The molecule has 0 radical (unpaired) electrons. The van der Waals surface area contributed by atoms with Crippen molar-refractivity contribution in [1.29, 1.82) is 0 Å². The van der Waals surface area contributed by atoms with Crippen LogP contribution in [0.5, 0.6) is 0 Å². The third-order valence-electron chi connectivity index (χ3n) is 2.29. The molecular formula is C9H13N3O2. The standard InChI is InChI=1S/C9H13N3O2/c1-5(2)9-6-4-10-14-8(13)3-7(6)11-12-9/h5,10H,3-4H2,1-2H3,(H,11,12). The highest BCUT2D eigenvalue weighted by Gasteiger charge is 2.21. The van der Waals surface area contributed by atoms with Gasteiger partial charge in [-0.25, -0.2) is 4.79 Å². The van der Waals surface area contributed by atoms with E-state index in [0.29, 0.717) is 12.5 Å². The van der Waals surface area contributed by atoms with E-state index in [9.17, 15) is 4.79 Å². The average molecular weight is 195 g/mol. The second-order valence-corrected chi connectivity index (χ2v) is 3.69. The van der Waals surface area contributed by atoms with E-state index < -0.39 is 0 Å². The largest absolute Gasteiger partial charge is 0.370 e. The average Bonchev–Trinajstić information content (AvgIpc) is 2.41. The van der Waals surface area contributed by atoms with Crippen LogP contribution in [0.15, 0.2) is 0 Å². The molecular weight excluding hydrogens is 182 g/mol. The number of nitrogens with one attached hydrogen (secondary N) is 2. The summed E-state index contributed by atoms with van der Waals surface area (Å²) in [5, 5.41) is 7.09.